The van der Waals surface area contributed by atoms with Crippen molar-refractivity contribution in [2.75, 3.05) is 0 Å². The van der Waals surface area contributed by atoms with Crippen molar-refractivity contribution >= 4 is 23.2 Å². The second-order valence-electron chi connectivity index (χ2n) is 4.48. The molecule has 2 nitrogen and oxygen atoms in total. The monoisotopic (exact) mass is 276 g/mol. The van der Waals surface area contributed by atoms with Crippen LogP contribution in [0, 0.1) is 5.92 Å². The van der Waals surface area contributed by atoms with Gasteiger partial charge in [0.05, 0.1) is 16.4 Å². The van der Waals surface area contributed by atoms with E-state index in [0.717, 1.165) is 42.2 Å². The highest BCUT2D eigenvalue weighted by molar-refractivity contribution is 6.31. The first-order valence-corrected chi connectivity index (χ1v) is 7.24. The first-order chi connectivity index (χ1) is 8.04. The standard InChI is InChI=1S/C13H22Cl2N2/c1-5-10(14)9(4)8-12-13(15)11(6-2)16-17(12)7-3/h9-10H,5-8H2,1-4H3. The van der Waals surface area contributed by atoms with Gasteiger partial charge in [0, 0.05) is 11.9 Å². The number of aromatic nitrogens is 2. The minimum absolute atomic E-state index is 0.205. The van der Waals surface area contributed by atoms with Crippen molar-refractivity contribution in [1.82, 2.24) is 9.78 Å². The van der Waals surface area contributed by atoms with Crippen LogP contribution in [0.3, 0.4) is 0 Å². The van der Waals surface area contributed by atoms with Crippen LogP contribution in [0.25, 0.3) is 0 Å². The molecule has 1 aromatic rings. The van der Waals surface area contributed by atoms with Crippen LogP contribution >= 0.6 is 23.2 Å². The second-order valence-corrected chi connectivity index (χ2v) is 5.42. The fourth-order valence-corrected chi connectivity index (χ4v) is 2.48. The first kappa shape index (κ1) is 14.8. The molecule has 98 valence electrons. The zero-order valence-corrected chi connectivity index (χ0v) is 12.6. The van der Waals surface area contributed by atoms with Crippen LogP contribution in [0.5, 0.6) is 0 Å². The summed E-state index contributed by atoms with van der Waals surface area (Å²) in [5, 5.41) is 5.57. The Morgan fingerprint density at radius 2 is 1.94 bits per heavy atom. The van der Waals surface area contributed by atoms with E-state index in [4.69, 9.17) is 23.2 Å². The van der Waals surface area contributed by atoms with Gasteiger partial charge in [-0.15, -0.1) is 11.6 Å². The van der Waals surface area contributed by atoms with E-state index in [-0.39, 0.29) is 5.38 Å². The molecule has 2 atom stereocenters. The van der Waals surface area contributed by atoms with Crippen LogP contribution < -0.4 is 0 Å². The molecule has 0 aliphatic rings. The van der Waals surface area contributed by atoms with Gasteiger partial charge >= 0.3 is 0 Å². The molecule has 0 N–H and O–H groups in total. The van der Waals surface area contributed by atoms with Gasteiger partial charge in [-0.05, 0) is 32.1 Å². The predicted octanol–water partition coefficient (Wildman–Crippen LogP) is 4.31. The molecular formula is C13H22Cl2N2. The molecule has 0 bridgehead atoms. The molecule has 0 amide bonds. The Kier molecular flexibility index (Phi) is 5.81. The van der Waals surface area contributed by atoms with Crippen LogP contribution in [-0.4, -0.2) is 15.2 Å². The van der Waals surface area contributed by atoms with E-state index >= 15 is 0 Å². The van der Waals surface area contributed by atoms with E-state index in [2.05, 4.69) is 32.8 Å². The Bertz CT molecular complexity index is 361. The lowest BCUT2D eigenvalue weighted by Crippen LogP contribution is -2.16. The van der Waals surface area contributed by atoms with E-state index in [0.29, 0.717) is 5.92 Å². The molecule has 0 spiro atoms. The summed E-state index contributed by atoms with van der Waals surface area (Å²) in [7, 11) is 0. The van der Waals surface area contributed by atoms with E-state index in [1.165, 1.54) is 0 Å². The molecule has 0 radical (unpaired) electrons. The Labute approximate surface area is 114 Å². The van der Waals surface area contributed by atoms with E-state index in [1.54, 1.807) is 0 Å². The van der Waals surface area contributed by atoms with Crippen molar-refractivity contribution in [3.05, 3.63) is 16.4 Å². The summed E-state index contributed by atoms with van der Waals surface area (Å²) < 4.78 is 2.01. The topological polar surface area (TPSA) is 17.8 Å². The van der Waals surface area contributed by atoms with Gasteiger partial charge in [-0.25, -0.2) is 0 Å². The number of halogens is 2. The quantitative estimate of drug-likeness (QED) is 0.708. The fraction of sp³-hybridized carbons (Fsp3) is 0.769. The van der Waals surface area contributed by atoms with Crippen LogP contribution in [0.15, 0.2) is 0 Å². The highest BCUT2D eigenvalue weighted by Crippen LogP contribution is 2.27. The zero-order valence-electron chi connectivity index (χ0n) is 11.1. The lowest BCUT2D eigenvalue weighted by Gasteiger charge is -2.17. The van der Waals surface area contributed by atoms with Gasteiger partial charge in [-0.3, -0.25) is 4.68 Å². The molecule has 17 heavy (non-hydrogen) atoms. The lowest BCUT2D eigenvalue weighted by atomic mass is 9.99. The maximum Gasteiger partial charge on any atom is 0.0849 e. The molecule has 0 saturated heterocycles. The normalized spacial score (nSPS) is 14.9. The number of nitrogens with zero attached hydrogens (tertiary/aromatic N) is 2. The van der Waals surface area contributed by atoms with Crippen molar-refractivity contribution < 1.29 is 0 Å². The predicted molar refractivity (Wildman–Crippen MR) is 75.1 cm³/mol. The molecule has 0 aliphatic carbocycles. The van der Waals surface area contributed by atoms with Crippen LogP contribution in [0.1, 0.15) is 45.5 Å². The van der Waals surface area contributed by atoms with Gasteiger partial charge in [0.15, 0.2) is 0 Å². The fourth-order valence-electron chi connectivity index (χ4n) is 2.05. The van der Waals surface area contributed by atoms with Gasteiger partial charge in [0.25, 0.3) is 0 Å². The Morgan fingerprint density at radius 3 is 2.41 bits per heavy atom. The summed E-state index contributed by atoms with van der Waals surface area (Å²) in [5.74, 6) is 0.422. The molecule has 0 aliphatic heterocycles. The number of rotatable bonds is 6. The number of aryl methyl sites for hydroxylation is 2. The van der Waals surface area contributed by atoms with E-state index in [9.17, 15) is 0 Å². The largest absolute Gasteiger partial charge is 0.268 e. The van der Waals surface area contributed by atoms with Crippen molar-refractivity contribution in [3.8, 4) is 0 Å². The van der Waals surface area contributed by atoms with Gasteiger partial charge in [-0.1, -0.05) is 32.4 Å². The SMILES string of the molecule is CCc1nn(CC)c(CC(C)C(Cl)CC)c1Cl. The summed E-state index contributed by atoms with van der Waals surface area (Å²) in [6, 6.07) is 0. The summed E-state index contributed by atoms with van der Waals surface area (Å²) >= 11 is 12.7. The first-order valence-electron chi connectivity index (χ1n) is 6.43. The third-order valence-electron chi connectivity index (χ3n) is 3.22. The molecule has 0 aromatic carbocycles. The molecule has 1 aromatic heterocycles. The molecule has 1 heterocycles. The highest BCUT2D eigenvalue weighted by Gasteiger charge is 2.20. The van der Waals surface area contributed by atoms with E-state index < -0.39 is 0 Å². The van der Waals surface area contributed by atoms with E-state index in [1.807, 2.05) is 4.68 Å². The molecule has 4 heteroatoms. The lowest BCUT2D eigenvalue weighted by molar-refractivity contribution is 0.499. The van der Waals surface area contributed by atoms with Gasteiger partial charge in [0.1, 0.15) is 0 Å². The zero-order chi connectivity index (χ0) is 13.0. The van der Waals surface area contributed by atoms with Gasteiger partial charge in [0.2, 0.25) is 0 Å². The van der Waals surface area contributed by atoms with Crippen LogP contribution in [-0.2, 0) is 19.4 Å². The summed E-state index contributed by atoms with van der Waals surface area (Å²) in [6.45, 7) is 9.33. The number of alkyl halides is 1. The molecule has 2 unspecified atom stereocenters. The summed E-state index contributed by atoms with van der Waals surface area (Å²) in [5.41, 5.74) is 2.14. The summed E-state index contributed by atoms with van der Waals surface area (Å²) in [4.78, 5) is 0. The molecule has 0 saturated carbocycles. The minimum atomic E-state index is 0.205. The maximum absolute atomic E-state index is 6.37. The van der Waals surface area contributed by atoms with Crippen molar-refractivity contribution in [3.63, 3.8) is 0 Å². The third-order valence-corrected chi connectivity index (χ3v) is 4.39. The number of hydrogen-bond donors (Lipinski definition) is 0. The molecule has 1 rings (SSSR count). The van der Waals surface area contributed by atoms with Crippen molar-refractivity contribution in [2.24, 2.45) is 5.92 Å². The minimum Gasteiger partial charge on any atom is -0.268 e. The second kappa shape index (κ2) is 6.65. The smallest absolute Gasteiger partial charge is 0.0849 e. The van der Waals surface area contributed by atoms with Gasteiger partial charge < -0.3 is 0 Å². The Balaban J connectivity index is 2.92. The average Bonchev–Trinajstić information content (AvgIpc) is 2.65. The molecular weight excluding hydrogens is 255 g/mol. The Hall–Kier alpha value is -0.210. The van der Waals surface area contributed by atoms with Crippen molar-refractivity contribution in [2.45, 2.75) is 58.9 Å². The number of hydrogen-bond acceptors (Lipinski definition) is 1. The van der Waals surface area contributed by atoms with Crippen LogP contribution in [0.2, 0.25) is 5.02 Å². The molecule has 0 fully saturated rings. The van der Waals surface area contributed by atoms with Crippen LogP contribution in [0.4, 0.5) is 0 Å². The van der Waals surface area contributed by atoms with Gasteiger partial charge in [-0.2, -0.15) is 5.10 Å². The van der Waals surface area contributed by atoms with Crippen molar-refractivity contribution in [1.29, 1.82) is 0 Å². The Morgan fingerprint density at radius 1 is 1.29 bits per heavy atom. The third kappa shape index (κ3) is 3.38. The highest BCUT2D eigenvalue weighted by atomic mass is 35.5. The average molecular weight is 277 g/mol. The maximum atomic E-state index is 6.37. The summed E-state index contributed by atoms with van der Waals surface area (Å²) in [6.07, 6.45) is 2.77.